The van der Waals surface area contributed by atoms with Crippen LogP contribution in [0.5, 0.6) is 0 Å². The lowest BCUT2D eigenvalue weighted by atomic mass is 10.1. The molecule has 0 aromatic heterocycles. The van der Waals surface area contributed by atoms with Crippen molar-refractivity contribution in [1.82, 2.24) is 0 Å². The third kappa shape index (κ3) is 5.31. The number of hydrogen-bond donors (Lipinski definition) is 3. The molecule has 0 heterocycles. The topological polar surface area (TPSA) is 84.2 Å². The number of nitrogens with one attached hydrogen (secondary N) is 2. The standard InChI is InChI=1S/C24H15Cl6F2N3O2/c1-8-4-10(7-11(18(8)27)22(36)35-21-14(31)2-3-15(33)20(21)32)34-23(37)17-16(24(17,29)30)9-5-12(25)19(28)13(26)6-9/h2-7,16-17H,33H2,1H3,(H,34,37)(H,35,36)/t16-,17+/m0/s1. The van der Waals surface area contributed by atoms with E-state index in [1.54, 1.807) is 6.92 Å². The highest BCUT2D eigenvalue weighted by Gasteiger charge is 2.67. The van der Waals surface area contributed by atoms with Crippen LogP contribution in [-0.2, 0) is 4.79 Å². The molecule has 0 bridgehead atoms. The molecule has 3 aromatic rings. The first-order valence-electron chi connectivity index (χ1n) is 10.4. The summed E-state index contributed by atoms with van der Waals surface area (Å²) in [6, 6.07) is 7.75. The number of carbonyl (C=O) groups excluding carboxylic acids is 2. The number of nitrogens with two attached hydrogens (primary N) is 1. The molecule has 1 fully saturated rings. The fraction of sp³-hybridized carbons (Fsp3) is 0.167. The number of anilines is 3. The van der Waals surface area contributed by atoms with Gasteiger partial charge in [-0.1, -0.05) is 46.4 Å². The van der Waals surface area contributed by atoms with Gasteiger partial charge in [-0.15, -0.1) is 23.2 Å². The fourth-order valence-electron chi connectivity index (χ4n) is 3.91. The van der Waals surface area contributed by atoms with Gasteiger partial charge in [-0.05, 0) is 54.4 Å². The number of carbonyl (C=O) groups is 2. The molecule has 4 rings (SSSR count). The van der Waals surface area contributed by atoms with Crippen LogP contribution < -0.4 is 16.4 Å². The molecule has 2 atom stereocenters. The first-order chi connectivity index (χ1) is 17.2. The molecule has 0 radical (unpaired) electrons. The molecule has 1 aliphatic carbocycles. The van der Waals surface area contributed by atoms with Crippen molar-refractivity contribution in [2.75, 3.05) is 16.4 Å². The lowest BCUT2D eigenvalue weighted by Gasteiger charge is -2.13. The number of benzene rings is 3. The summed E-state index contributed by atoms with van der Waals surface area (Å²) in [5, 5.41) is 5.31. The van der Waals surface area contributed by atoms with Crippen LogP contribution in [0.1, 0.15) is 27.4 Å². The number of rotatable bonds is 5. The lowest BCUT2D eigenvalue weighted by Crippen LogP contribution is -2.19. The van der Waals surface area contributed by atoms with Gasteiger partial charge in [0.05, 0.1) is 37.3 Å². The predicted molar refractivity (Wildman–Crippen MR) is 146 cm³/mol. The van der Waals surface area contributed by atoms with Gasteiger partial charge in [0.25, 0.3) is 5.91 Å². The molecule has 3 aromatic carbocycles. The smallest absolute Gasteiger partial charge is 0.257 e. The Kier molecular flexibility index (Phi) is 7.79. The Bertz CT molecular complexity index is 1440. The Morgan fingerprint density at radius 1 is 0.946 bits per heavy atom. The van der Waals surface area contributed by atoms with Crippen molar-refractivity contribution in [3.8, 4) is 0 Å². The molecule has 1 saturated carbocycles. The predicted octanol–water partition coefficient (Wildman–Crippen LogP) is 8.25. The Labute approximate surface area is 240 Å². The molecule has 5 nitrogen and oxygen atoms in total. The molecule has 1 aliphatic rings. The van der Waals surface area contributed by atoms with E-state index >= 15 is 0 Å². The van der Waals surface area contributed by atoms with Crippen molar-refractivity contribution in [1.29, 1.82) is 0 Å². The van der Waals surface area contributed by atoms with E-state index in [0.717, 1.165) is 12.1 Å². The highest BCUT2D eigenvalue weighted by atomic mass is 35.5. The number of hydrogen-bond acceptors (Lipinski definition) is 3. The Morgan fingerprint density at radius 2 is 1.57 bits per heavy atom. The fourth-order valence-corrected chi connectivity index (χ4v) is 5.55. The second-order valence-electron chi connectivity index (χ2n) is 8.35. The highest BCUT2D eigenvalue weighted by Crippen LogP contribution is 2.65. The summed E-state index contributed by atoms with van der Waals surface area (Å²) in [6.07, 6.45) is 0. The monoisotopic (exact) mass is 625 g/mol. The molecule has 0 aliphatic heterocycles. The summed E-state index contributed by atoms with van der Waals surface area (Å²) in [4.78, 5) is 25.9. The zero-order valence-corrected chi connectivity index (χ0v) is 23.1. The van der Waals surface area contributed by atoms with E-state index < -0.39 is 45.3 Å². The van der Waals surface area contributed by atoms with Gasteiger partial charge in [-0.2, -0.15) is 0 Å². The number of alkyl halides is 2. The molecule has 4 N–H and O–H groups in total. The van der Waals surface area contributed by atoms with Crippen LogP contribution in [0, 0.1) is 24.5 Å². The first kappa shape index (κ1) is 28.0. The van der Waals surface area contributed by atoms with Crippen molar-refractivity contribution in [3.63, 3.8) is 0 Å². The summed E-state index contributed by atoms with van der Waals surface area (Å²) in [7, 11) is 0. The maximum atomic E-state index is 14.3. The van der Waals surface area contributed by atoms with Crippen LogP contribution in [0.25, 0.3) is 0 Å². The van der Waals surface area contributed by atoms with Gasteiger partial charge in [0, 0.05) is 11.6 Å². The molecule has 0 unspecified atom stereocenters. The van der Waals surface area contributed by atoms with Gasteiger partial charge in [-0.25, -0.2) is 8.78 Å². The van der Waals surface area contributed by atoms with Crippen LogP contribution in [0.15, 0.2) is 36.4 Å². The van der Waals surface area contributed by atoms with Crippen LogP contribution in [-0.4, -0.2) is 16.1 Å². The zero-order valence-electron chi connectivity index (χ0n) is 18.5. The van der Waals surface area contributed by atoms with Crippen molar-refractivity contribution in [2.24, 2.45) is 5.92 Å². The lowest BCUT2D eigenvalue weighted by molar-refractivity contribution is -0.117. The molecule has 37 heavy (non-hydrogen) atoms. The molecule has 194 valence electrons. The Hall–Kier alpha value is -2.00. The summed E-state index contributed by atoms with van der Waals surface area (Å²) in [5.41, 5.74) is 5.32. The van der Waals surface area contributed by atoms with Crippen molar-refractivity contribution in [2.45, 2.75) is 17.2 Å². The largest absolute Gasteiger partial charge is 0.396 e. The average Bonchev–Trinajstić information content (AvgIpc) is 3.41. The van der Waals surface area contributed by atoms with Gasteiger partial charge in [0.1, 0.15) is 15.8 Å². The number of halogens is 8. The van der Waals surface area contributed by atoms with Crippen molar-refractivity contribution < 1.29 is 18.4 Å². The number of nitrogen functional groups attached to an aromatic ring is 1. The molecular formula is C24H15Cl6F2N3O2. The highest BCUT2D eigenvalue weighted by molar-refractivity contribution is 6.54. The maximum Gasteiger partial charge on any atom is 0.257 e. The third-order valence-corrected chi connectivity index (χ3v) is 8.47. The van der Waals surface area contributed by atoms with E-state index in [2.05, 4.69) is 10.6 Å². The van der Waals surface area contributed by atoms with Crippen LogP contribution in [0.3, 0.4) is 0 Å². The molecule has 2 amide bonds. The second-order valence-corrected chi connectivity index (χ2v) is 11.4. The van der Waals surface area contributed by atoms with Gasteiger partial charge < -0.3 is 16.4 Å². The molecular weight excluding hydrogens is 613 g/mol. The summed E-state index contributed by atoms with van der Waals surface area (Å²) in [5.74, 6) is -5.18. The Balaban J connectivity index is 1.58. The van der Waals surface area contributed by atoms with E-state index in [0.29, 0.717) is 11.1 Å². The van der Waals surface area contributed by atoms with E-state index in [4.69, 9.17) is 75.3 Å². The normalized spacial score (nSPS) is 17.9. The van der Waals surface area contributed by atoms with E-state index in [1.165, 1.54) is 24.3 Å². The maximum absolute atomic E-state index is 14.3. The van der Waals surface area contributed by atoms with Crippen molar-refractivity contribution >= 4 is 98.5 Å². The van der Waals surface area contributed by atoms with Gasteiger partial charge >= 0.3 is 0 Å². The van der Waals surface area contributed by atoms with Crippen LogP contribution in [0.4, 0.5) is 25.8 Å². The first-order valence-corrected chi connectivity index (χ1v) is 12.7. The number of amides is 2. The quantitative estimate of drug-likeness (QED) is 0.151. The van der Waals surface area contributed by atoms with Crippen molar-refractivity contribution in [3.05, 3.63) is 84.8 Å². The minimum atomic E-state index is -1.46. The third-order valence-electron chi connectivity index (χ3n) is 5.83. The molecule has 0 saturated heterocycles. The van der Waals surface area contributed by atoms with Gasteiger partial charge in [-0.3, -0.25) is 9.59 Å². The van der Waals surface area contributed by atoms with E-state index in [9.17, 15) is 18.4 Å². The van der Waals surface area contributed by atoms with Crippen LogP contribution >= 0.6 is 69.6 Å². The van der Waals surface area contributed by atoms with Gasteiger partial charge in [0.15, 0.2) is 5.82 Å². The van der Waals surface area contributed by atoms with E-state index in [1.807, 2.05) is 0 Å². The summed E-state index contributed by atoms with van der Waals surface area (Å²) >= 11 is 37.3. The average molecular weight is 628 g/mol. The molecule has 0 spiro atoms. The zero-order chi connectivity index (χ0) is 27.4. The van der Waals surface area contributed by atoms with Gasteiger partial charge in [0.2, 0.25) is 5.91 Å². The van der Waals surface area contributed by atoms with Crippen LogP contribution in [0.2, 0.25) is 20.1 Å². The minimum absolute atomic E-state index is 0.0130. The van der Waals surface area contributed by atoms with E-state index in [-0.39, 0.29) is 37.0 Å². The second kappa shape index (κ2) is 10.3. The summed E-state index contributed by atoms with van der Waals surface area (Å²) in [6.45, 7) is 1.58. The Morgan fingerprint density at radius 3 is 2.19 bits per heavy atom. The molecule has 13 heteroatoms. The summed E-state index contributed by atoms with van der Waals surface area (Å²) < 4.78 is 26.9. The number of aryl methyl sites for hydroxylation is 1. The SMILES string of the molecule is Cc1cc(NC(=O)[C@H]2[C@H](c3cc(Cl)c(Cl)c(Cl)c3)C2(Cl)Cl)cc(C(=O)Nc2c(F)ccc(N)c2F)c1Cl. The minimum Gasteiger partial charge on any atom is -0.396 e.